The summed E-state index contributed by atoms with van der Waals surface area (Å²) in [6, 6.07) is 4.89. The standard InChI is InChI=1S/C19H25Cl2N3O2/c1-24(12-18(25)22-10-9-14-5-3-2-4-6-14)13-19(26)23-15-7-8-16(20)17(21)11-15/h5,7-8,11H,2-4,6,9-10,12-13H2,1H3,(H,22,25)(H,23,26). The Hall–Kier alpha value is -1.56. The van der Waals surface area contributed by atoms with Gasteiger partial charge in [0, 0.05) is 12.2 Å². The minimum absolute atomic E-state index is 0.0775. The lowest BCUT2D eigenvalue weighted by Crippen LogP contribution is -2.39. The molecule has 5 nitrogen and oxygen atoms in total. The largest absolute Gasteiger partial charge is 0.355 e. The van der Waals surface area contributed by atoms with E-state index in [-0.39, 0.29) is 24.9 Å². The fourth-order valence-electron chi connectivity index (χ4n) is 2.87. The molecule has 142 valence electrons. The van der Waals surface area contributed by atoms with Gasteiger partial charge in [0.1, 0.15) is 0 Å². The second-order valence-electron chi connectivity index (χ2n) is 6.56. The van der Waals surface area contributed by atoms with E-state index < -0.39 is 0 Å². The second-order valence-corrected chi connectivity index (χ2v) is 7.37. The van der Waals surface area contributed by atoms with Gasteiger partial charge < -0.3 is 10.6 Å². The van der Waals surface area contributed by atoms with Crippen LogP contribution in [0.3, 0.4) is 0 Å². The minimum Gasteiger partial charge on any atom is -0.355 e. The minimum atomic E-state index is -0.217. The van der Waals surface area contributed by atoms with Crippen LogP contribution in [0.15, 0.2) is 29.8 Å². The van der Waals surface area contributed by atoms with E-state index in [1.54, 1.807) is 30.1 Å². The molecule has 26 heavy (non-hydrogen) atoms. The van der Waals surface area contributed by atoms with Gasteiger partial charge in [0.15, 0.2) is 0 Å². The monoisotopic (exact) mass is 397 g/mol. The van der Waals surface area contributed by atoms with Crippen LogP contribution < -0.4 is 10.6 Å². The molecular formula is C19H25Cl2N3O2. The lowest BCUT2D eigenvalue weighted by atomic mass is 9.97. The van der Waals surface area contributed by atoms with Crippen LogP contribution in [0.2, 0.25) is 10.0 Å². The van der Waals surface area contributed by atoms with Crippen molar-refractivity contribution < 1.29 is 9.59 Å². The molecule has 0 aliphatic heterocycles. The molecule has 1 aromatic rings. The molecule has 0 spiro atoms. The summed E-state index contributed by atoms with van der Waals surface area (Å²) in [5.41, 5.74) is 2.01. The molecule has 0 saturated carbocycles. The molecule has 0 heterocycles. The van der Waals surface area contributed by atoms with Crippen molar-refractivity contribution in [2.24, 2.45) is 0 Å². The number of benzene rings is 1. The van der Waals surface area contributed by atoms with Crippen molar-refractivity contribution >= 4 is 40.7 Å². The Balaban J connectivity index is 1.67. The van der Waals surface area contributed by atoms with Gasteiger partial charge in [-0.1, -0.05) is 34.9 Å². The molecule has 0 unspecified atom stereocenters. The average Bonchev–Trinajstić information content (AvgIpc) is 2.59. The average molecular weight is 398 g/mol. The third-order valence-electron chi connectivity index (χ3n) is 4.18. The molecule has 0 saturated heterocycles. The fraction of sp³-hybridized carbons (Fsp3) is 0.474. The first-order chi connectivity index (χ1) is 12.4. The Bertz CT molecular complexity index is 677. The molecule has 2 rings (SSSR count). The van der Waals surface area contributed by atoms with Gasteiger partial charge in [-0.2, -0.15) is 0 Å². The van der Waals surface area contributed by atoms with E-state index >= 15 is 0 Å². The van der Waals surface area contributed by atoms with Crippen LogP contribution in [0.5, 0.6) is 0 Å². The Morgan fingerprint density at radius 1 is 1.12 bits per heavy atom. The number of hydrogen-bond acceptors (Lipinski definition) is 3. The predicted molar refractivity (Wildman–Crippen MR) is 107 cm³/mol. The number of nitrogens with zero attached hydrogens (tertiary/aromatic N) is 1. The highest BCUT2D eigenvalue weighted by atomic mass is 35.5. The summed E-state index contributed by atoms with van der Waals surface area (Å²) in [7, 11) is 1.73. The SMILES string of the molecule is CN(CC(=O)NCCC1=CCCCC1)CC(=O)Nc1ccc(Cl)c(Cl)c1. The Labute approximate surface area is 164 Å². The zero-order valence-electron chi connectivity index (χ0n) is 15.0. The molecule has 2 amide bonds. The van der Waals surface area contributed by atoms with E-state index in [0.29, 0.717) is 22.3 Å². The molecule has 1 aliphatic carbocycles. The molecule has 1 aliphatic rings. The summed E-state index contributed by atoms with van der Waals surface area (Å²) in [4.78, 5) is 25.7. The summed E-state index contributed by atoms with van der Waals surface area (Å²) in [6.45, 7) is 0.931. The van der Waals surface area contributed by atoms with Crippen molar-refractivity contribution in [2.75, 3.05) is 32.0 Å². The highest BCUT2D eigenvalue weighted by molar-refractivity contribution is 6.42. The van der Waals surface area contributed by atoms with Crippen LogP contribution in [0.25, 0.3) is 0 Å². The van der Waals surface area contributed by atoms with E-state index in [4.69, 9.17) is 23.2 Å². The molecular weight excluding hydrogens is 373 g/mol. The van der Waals surface area contributed by atoms with Gasteiger partial charge in [0.25, 0.3) is 0 Å². The number of allylic oxidation sites excluding steroid dienone is 1. The molecule has 1 aromatic carbocycles. The van der Waals surface area contributed by atoms with Gasteiger partial charge in [-0.3, -0.25) is 14.5 Å². The van der Waals surface area contributed by atoms with Crippen molar-refractivity contribution in [3.05, 3.63) is 39.9 Å². The zero-order valence-corrected chi connectivity index (χ0v) is 16.5. The molecule has 2 N–H and O–H groups in total. The van der Waals surface area contributed by atoms with E-state index in [9.17, 15) is 9.59 Å². The third kappa shape index (κ3) is 7.36. The number of rotatable bonds is 8. The number of likely N-dealkylation sites (N-methyl/N-ethyl adjacent to an activating group) is 1. The third-order valence-corrected chi connectivity index (χ3v) is 4.92. The quantitative estimate of drug-likeness (QED) is 0.654. The van der Waals surface area contributed by atoms with Crippen LogP contribution in [0.1, 0.15) is 32.1 Å². The van der Waals surface area contributed by atoms with Gasteiger partial charge in [0.2, 0.25) is 11.8 Å². The maximum atomic E-state index is 12.1. The highest BCUT2D eigenvalue weighted by Crippen LogP contribution is 2.25. The first kappa shape index (κ1) is 20.7. The molecule has 0 atom stereocenters. The summed E-state index contributed by atoms with van der Waals surface area (Å²) in [5, 5.41) is 6.46. The van der Waals surface area contributed by atoms with Crippen molar-refractivity contribution in [2.45, 2.75) is 32.1 Å². The van der Waals surface area contributed by atoms with E-state index in [0.717, 1.165) is 19.3 Å². The van der Waals surface area contributed by atoms with Crippen molar-refractivity contribution in [1.29, 1.82) is 0 Å². The number of hydrogen-bond donors (Lipinski definition) is 2. The molecule has 0 radical (unpaired) electrons. The maximum Gasteiger partial charge on any atom is 0.238 e. The molecule has 0 aromatic heterocycles. The Kier molecular flexibility index (Phi) is 8.42. The normalized spacial score (nSPS) is 14.1. The maximum absolute atomic E-state index is 12.1. The number of amides is 2. The lowest BCUT2D eigenvalue weighted by Gasteiger charge is -2.17. The van der Waals surface area contributed by atoms with Crippen molar-refractivity contribution in [3.63, 3.8) is 0 Å². The van der Waals surface area contributed by atoms with Crippen LogP contribution in [-0.4, -0.2) is 43.4 Å². The van der Waals surface area contributed by atoms with Crippen LogP contribution in [0, 0.1) is 0 Å². The van der Waals surface area contributed by atoms with Gasteiger partial charge in [-0.25, -0.2) is 0 Å². The number of carbonyl (C=O) groups is 2. The predicted octanol–water partition coefficient (Wildman–Crippen LogP) is 3.87. The lowest BCUT2D eigenvalue weighted by molar-refractivity contribution is -0.122. The first-order valence-corrected chi connectivity index (χ1v) is 9.57. The van der Waals surface area contributed by atoms with Crippen molar-refractivity contribution in [1.82, 2.24) is 10.2 Å². The van der Waals surface area contributed by atoms with E-state index in [1.165, 1.54) is 18.4 Å². The topological polar surface area (TPSA) is 61.4 Å². The van der Waals surface area contributed by atoms with Crippen LogP contribution in [0.4, 0.5) is 5.69 Å². The summed E-state index contributed by atoms with van der Waals surface area (Å²) in [6.07, 6.45) is 8.01. The zero-order chi connectivity index (χ0) is 18.9. The van der Waals surface area contributed by atoms with Crippen LogP contribution in [-0.2, 0) is 9.59 Å². The van der Waals surface area contributed by atoms with Crippen molar-refractivity contribution in [3.8, 4) is 0 Å². The second kappa shape index (κ2) is 10.6. The number of nitrogens with one attached hydrogen (secondary N) is 2. The summed E-state index contributed by atoms with van der Waals surface area (Å²) in [5.74, 6) is -0.294. The van der Waals surface area contributed by atoms with Crippen LogP contribution >= 0.6 is 23.2 Å². The first-order valence-electron chi connectivity index (χ1n) is 8.82. The van der Waals surface area contributed by atoms with Gasteiger partial charge >= 0.3 is 0 Å². The Morgan fingerprint density at radius 3 is 2.58 bits per heavy atom. The molecule has 0 bridgehead atoms. The number of anilines is 1. The van der Waals surface area contributed by atoms with E-state index in [1.807, 2.05) is 0 Å². The number of halogens is 2. The summed E-state index contributed by atoms with van der Waals surface area (Å²) >= 11 is 11.8. The molecule has 7 heteroatoms. The smallest absolute Gasteiger partial charge is 0.238 e. The molecule has 0 fully saturated rings. The fourth-order valence-corrected chi connectivity index (χ4v) is 3.17. The summed E-state index contributed by atoms with van der Waals surface area (Å²) < 4.78 is 0. The highest BCUT2D eigenvalue weighted by Gasteiger charge is 2.12. The van der Waals surface area contributed by atoms with Gasteiger partial charge in [-0.05, 0) is 57.4 Å². The van der Waals surface area contributed by atoms with Gasteiger partial charge in [-0.15, -0.1) is 0 Å². The Morgan fingerprint density at radius 2 is 1.88 bits per heavy atom. The van der Waals surface area contributed by atoms with Gasteiger partial charge in [0.05, 0.1) is 23.1 Å². The number of carbonyl (C=O) groups excluding carboxylic acids is 2. The van der Waals surface area contributed by atoms with E-state index in [2.05, 4.69) is 16.7 Å².